The van der Waals surface area contributed by atoms with Gasteiger partial charge in [0.2, 0.25) is 11.8 Å². The highest BCUT2D eigenvalue weighted by atomic mass is 32.2. The minimum atomic E-state index is -0.102. The summed E-state index contributed by atoms with van der Waals surface area (Å²) in [5.41, 5.74) is 1.83. The summed E-state index contributed by atoms with van der Waals surface area (Å²) in [6.07, 6.45) is 0. The van der Waals surface area contributed by atoms with E-state index in [1.807, 2.05) is 38.1 Å². The van der Waals surface area contributed by atoms with Crippen molar-refractivity contribution in [1.82, 2.24) is 10.2 Å². The highest BCUT2D eigenvalue weighted by Crippen LogP contribution is 2.27. The van der Waals surface area contributed by atoms with Crippen LogP contribution in [-0.4, -0.2) is 48.2 Å². The number of nitrogens with zero attached hydrogens (tertiary/aromatic N) is 3. The second-order valence-corrected chi connectivity index (χ2v) is 6.94. The summed E-state index contributed by atoms with van der Waals surface area (Å²) in [7, 11) is 0. The average molecular weight is 362 g/mol. The summed E-state index contributed by atoms with van der Waals surface area (Å²) in [6.45, 7) is 7.01. The maximum absolute atomic E-state index is 12.3. The van der Waals surface area contributed by atoms with Crippen LogP contribution in [0.5, 0.6) is 0 Å². The highest BCUT2D eigenvalue weighted by Gasteiger charge is 2.16. The van der Waals surface area contributed by atoms with E-state index in [0.29, 0.717) is 24.3 Å². The van der Waals surface area contributed by atoms with Gasteiger partial charge in [-0.1, -0.05) is 37.7 Å². The number of carbonyl (C=O) groups excluding carboxylic acids is 1. The lowest BCUT2D eigenvalue weighted by atomic mass is 10.2. The average Bonchev–Trinajstić information content (AvgIpc) is 3.11. The molecule has 2 heterocycles. The van der Waals surface area contributed by atoms with Crippen LogP contribution in [0.3, 0.4) is 0 Å². The van der Waals surface area contributed by atoms with Crippen LogP contribution in [0, 0.1) is 0 Å². The monoisotopic (exact) mass is 362 g/mol. The van der Waals surface area contributed by atoms with E-state index in [9.17, 15) is 4.79 Å². The Balaban J connectivity index is 1.59. The van der Waals surface area contributed by atoms with Crippen molar-refractivity contribution in [2.24, 2.45) is 0 Å². The number of thioether (sulfide) groups is 1. The molecule has 1 fully saturated rings. The van der Waals surface area contributed by atoms with Crippen molar-refractivity contribution in [2.45, 2.75) is 25.0 Å². The van der Waals surface area contributed by atoms with Crippen molar-refractivity contribution in [3.63, 3.8) is 0 Å². The number of amides is 1. The molecule has 1 aliphatic heterocycles. The Kier molecular flexibility index (Phi) is 5.93. The predicted molar refractivity (Wildman–Crippen MR) is 97.2 cm³/mol. The normalized spacial score (nSPS) is 14.8. The number of benzene rings is 1. The fourth-order valence-electron chi connectivity index (χ4n) is 2.48. The first-order valence-corrected chi connectivity index (χ1v) is 9.30. The van der Waals surface area contributed by atoms with E-state index in [2.05, 4.69) is 20.4 Å². The van der Waals surface area contributed by atoms with Crippen LogP contribution in [-0.2, 0) is 9.53 Å². The summed E-state index contributed by atoms with van der Waals surface area (Å²) >= 11 is 1.24. The van der Waals surface area contributed by atoms with Crippen molar-refractivity contribution in [3.05, 3.63) is 30.2 Å². The van der Waals surface area contributed by atoms with E-state index >= 15 is 0 Å². The molecule has 0 bridgehead atoms. The molecule has 0 unspecified atom stereocenters. The Morgan fingerprint density at radius 1 is 1.28 bits per heavy atom. The molecular weight excluding hydrogens is 340 g/mol. The van der Waals surface area contributed by atoms with Crippen LogP contribution < -0.4 is 10.2 Å². The molecule has 0 spiro atoms. The fraction of sp³-hybridized carbons (Fsp3) is 0.471. The summed E-state index contributed by atoms with van der Waals surface area (Å²) in [6, 6.07) is 7.82. The Labute approximate surface area is 151 Å². The van der Waals surface area contributed by atoms with Gasteiger partial charge in [0, 0.05) is 19.0 Å². The first-order chi connectivity index (χ1) is 12.1. The number of rotatable bonds is 6. The van der Waals surface area contributed by atoms with Gasteiger partial charge < -0.3 is 19.4 Å². The molecule has 1 aliphatic rings. The quantitative estimate of drug-likeness (QED) is 0.791. The van der Waals surface area contributed by atoms with Gasteiger partial charge in [0.05, 0.1) is 30.3 Å². The second-order valence-electron chi connectivity index (χ2n) is 6.01. The molecular formula is C17H22N4O3S. The van der Waals surface area contributed by atoms with Crippen LogP contribution in [0.1, 0.15) is 25.7 Å². The van der Waals surface area contributed by atoms with E-state index < -0.39 is 0 Å². The maximum atomic E-state index is 12.3. The fourth-order valence-corrected chi connectivity index (χ4v) is 3.05. The predicted octanol–water partition coefficient (Wildman–Crippen LogP) is 2.76. The van der Waals surface area contributed by atoms with Crippen LogP contribution >= 0.6 is 11.8 Å². The third kappa shape index (κ3) is 4.73. The smallest absolute Gasteiger partial charge is 0.277 e. The minimum Gasteiger partial charge on any atom is -0.416 e. The lowest BCUT2D eigenvalue weighted by molar-refractivity contribution is -0.113. The molecule has 1 amide bonds. The summed E-state index contributed by atoms with van der Waals surface area (Å²) in [5.74, 6) is 0.878. The van der Waals surface area contributed by atoms with E-state index in [0.717, 1.165) is 24.5 Å². The van der Waals surface area contributed by atoms with Gasteiger partial charge in [-0.05, 0) is 12.1 Å². The molecule has 25 heavy (non-hydrogen) atoms. The minimum absolute atomic E-state index is 0.102. The van der Waals surface area contributed by atoms with Crippen molar-refractivity contribution in [2.75, 3.05) is 42.3 Å². The van der Waals surface area contributed by atoms with Crippen LogP contribution in [0.4, 0.5) is 11.4 Å². The first kappa shape index (κ1) is 17.8. The van der Waals surface area contributed by atoms with Crippen molar-refractivity contribution in [3.8, 4) is 0 Å². The van der Waals surface area contributed by atoms with Gasteiger partial charge in [-0.2, -0.15) is 0 Å². The first-order valence-electron chi connectivity index (χ1n) is 8.31. The zero-order valence-corrected chi connectivity index (χ0v) is 15.2. The molecule has 0 radical (unpaired) electrons. The lowest BCUT2D eigenvalue weighted by Gasteiger charge is -2.30. The number of aromatic nitrogens is 2. The van der Waals surface area contributed by atoms with E-state index in [1.165, 1.54) is 11.8 Å². The number of ether oxygens (including phenoxy) is 1. The summed E-state index contributed by atoms with van der Waals surface area (Å²) in [4.78, 5) is 14.5. The SMILES string of the molecule is CC(C)c1nnc(SCC(=O)Nc2ccccc2N2CCOCC2)o1. The molecule has 1 aromatic heterocycles. The van der Waals surface area contributed by atoms with Gasteiger partial charge in [-0.25, -0.2) is 0 Å². The largest absolute Gasteiger partial charge is 0.416 e. The Hall–Kier alpha value is -2.06. The Bertz CT molecular complexity index is 713. The number of morpholine rings is 1. The molecule has 0 aliphatic carbocycles. The molecule has 0 atom stereocenters. The zero-order valence-electron chi connectivity index (χ0n) is 14.4. The van der Waals surface area contributed by atoms with Gasteiger partial charge in [-0.15, -0.1) is 10.2 Å². The topological polar surface area (TPSA) is 80.5 Å². The number of nitrogens with one attached hydrogen (secondary N) is 1. The molecule has 7 nitrogen and oxygen atoms in total. The van der Waals surface area contributed by atoms with E-state index in [4.69, 9.17) is 9.15 Å². The van der Waals surface area contributed by atoms with Crippen LogP contribution in [0.25, 0.3) is 0 Å². The number of anilines is 2. The highest BCUT2D eigenvalue weighted by molar-refractivity contribution is 7.99. The summed E-state index contributed by atoms with van der Waals surface area (Å²) < 4.78 is 10.9. The summed E-state index contributed by atoms with van der Waals surface area (Å²) in [5, 5.41) is 11.3. The number of carbonyl (C=O) groups is 1. The van der Waals surface area contributed by atoms with Crippen molar-refractivity contribution < 1.29 is 13.9 Å². The van der Waals surface area contributed by atoms with Crippen molar-refractivity contribution >= 4 is 29.0 Å². The van der Waals surface area contributed by atoms with Crippen molar-refractivity contribution in [1.29, 1.82) is 0 Å². The molecule has 3 rings (SSSR count). The van der Waals surface area contributed by atoms with E-state index in [-0.39, 0.29) is 17.6 Å². The van der Waals surface area contributed by atoms with Crippen LogP contribution in [0.2, 0.25) is 0 Å². The molecule has 1 N–H and O–H groups in total. The Morgan fingerprint density at radius 3 is 2.76 bits per heavy atom. The maximum Gasteiger partial charge on any atom is 0.277 e. The van der Waals surface area contributed by atoms with E-state index in [1.54, 1.807) is 0 Å². The Morgan fingerprint density at radius 2 is 2.04 bits per heavy atom. The third-order valence-electron chi connectivity index (χ3n) is 3.77. The van der Waals surface area contributed by atoms with Crippen LogP contribution in [0.15, 0.2) is 33.9 Å². The van der Waals surface area contributed by atoms with Gasteiger partial charge in [0.1, 0.15) is 0 Å². The standard InChI is InChI=1S/C17H22N4O3S/c1-12(2)16-19-20-17(24-16)25-11-15(22)18-13-5-3-4-6-14(13)21-7-9-23-10-8-21/h3-6,12H,7-11H2,1-2H3,(H,18,22). The molecule has 0 saturated carbocycles. The van der Waals surface area contributed by atoms with Gasteiger partial charge in [0.25, 0.3) is 5.22 Å². The molecule has 134 valence electrons. The molecule has 8 heteroatoms. The second kappa shape index (κ2) is 8.35. The number of hydrogen-bond acceptors (Lipinski definition) is 7. The number of hydrogen-bond donors (Lipinski definition) is 1. The molecule has 1 aromatic carbocycles. The zero-order chi connectivity index (χ0) is 17.6. The third-order valence-corrected chi connectivity index (χ3v) is 4.59. The lowest BCUT2D eigenvalue weighted by Crippen LogP contribution is -2.36. The number of para-hydroxylation sites is 2. The van der Waals surface area contributed by atoms with Gasteiger partial charge >= 0.3 is 0 Å². The molecule has 2 aromatic rings. The van der Waals surface area contributed by atoms with Gasteiger partial charge in [0.15, 0.2) is 0 Å². The molecule has 1 saturated heterocycles. The van der Waals surface area contributed by atoms with Gasteiger partial charge in [-0.3, -0.25) is 4.79 Å².